The molecule has 0 atom stereocenters. The first-order valence-corrected chi connectivity index (χ1v) is 5.97. The Bertz CT molecular complexity index is 658. The van der Waals surface area contributed by atoms with Gasteiger partial charge in [0.25, 0.3) is 0 Å². The number of aromatic carboxylic acids is 1. The van der Waals surface area contributed by atoms with E-state index < -0.39 is 5.97 Å². The molecule has 6 heteroatoms. The molecule has 1 heterocycles. The van der Waals surface area contributed by atoms with E-state index in [-0.39, 0.29) is 5.69 Å². The van der Waals surface area contributed by atoms with Gasteiger partial charge in [-0.05, 0) is 32.1 Å². The average molecular weight is 278 g/mol. The fourth-order valence-corrected chi connectivity index (χ4v) is 1.86. The van der Waals surface area contributed by atoms with Crippen molar-refractivity contribution in [2.45, 2.75) is 13.8 Å². The van der Waals surface area contributed by atoms with Crippen LogP contribution >= 0.6 is 11.6 Å². The van der Waals surface area contributed by atoms with E-state index in [9.17, 15) is 4.79 Å². The van der Waals surface area contributed by atoms with Crippen LogP contribution in [-0.4, -0.2) is 26.1 Å². The quantitative estimate of drug-likeness (QED) is 0.936. The van der Waals surface area contributed by atoms with E-state index in [0.717, 1.165) is 5.57 Å². The van der Waals surface area contributed by atoms with E-state index in [1.54, 1.807) is 30.3 Å². The Morgan fingerprint density at radius 1 is 1.37 bits per heavy atom. The van der Waals surface area contributed by atoms with Crippen molar-refractivity contribution >= 4 is 23.6 Å². The Morgan fingerprint density at radius 2 is 2.05 bits per heavy atom. The number of rotatable bonds is 3. The summed E-state index contributed by atoms with van der Waals surface area (Å²) in [5.74, 6) is -1.12. The zero-order valence-electron chi connectivity index (χ0n) is 10.5. The third-order valence-corrected chi connectivity index (χ3v) is 2.73. The Kier molecular flexibility index (Phi) is 3.66. The molecule has 1 N–H and O–H groups in total. The molecule has 1 aromatic carbocycles. The summed E-state index contributed by atoms with van der Waals surface area (Å²) in [6.07, 6.45) is 1.72. The number of halogens is 1. The minimum atomic E-state index is -1.12. The molecule has 2 rings (SSSR count). The highest BCUT2D eigenvalue weighted by Crippen LogP contribution is 2.22. The molecule has 0 fully saturated rings. The van der Waals surface area contributed by atoms with Crippen molar-refractivity contribution in [1.29, 1.82) is 0 Å². The van der Waals surface area contributed by atoms with E-state index in [0.29, 0.717) is 16.4 Å². The normalized spacial score (nSPS) is 10.3. The van der Waals surface area contributed by atoms with Gasteiger partial charge in [0.2, 0.25) is 0 Å². The topological polar surface area (TPSA) is 68.0 Å². The first kappa shape index (κ1) is 13.3. The van der Waals surface area contributed by atoms with Gasteiger partial charge in [-0.25, -0.2) is 9.48 Å². The zero-order valence-corrected chi connectivity index (χ0v) is 11.2. The van der Waals surface area contributed by atoms with Crippen molar-refractivity contribution in [3.63, 3.8) is 0 Å². The number of nitrogens with zero attached hydrogens (tertiary/aromatic N) is 3. The number of benzene rings is 1. The lowest BCUT2D eigenvalue weighted by Crippen LogP contribution is -2.03. The van der Waals surface area contributed by atoms with E-state index in [2.05, 4.69) is 10.3 Å². The van der Waals surface area contributed by atoms with E-state index in [4.69, 9.17) is 16.7 Å². The number of carboxylic acid groups (broad SMARTS) is 1. The van der Waals surface area contributed by atoms with Gasteiger partial charge >= 0.3 is 5.97 Å². The number of aromatic nitrogens is 3. The first-order chi connectivity index (χ1) is 9.00. The third-order valence-electron chi connectivity index (χ3n) is 2.41. The summed E-state index contributed by atoms with van der Waals surface area (Å²) in [6, 6.07) is 7.06. The first-order valence-electron chi connectivity index (χ1n) is 5.59. The predicted octanol–water partition coefficient (Wildman–Crippen LogP) is 3.04. The Labute approximate surface area is 115 Å². The molecule has 1 aromatic heterocycles. The molecule has 0 bridgehead atoms. The Hall–Kier alpha value is -2.14. The highest BCUT2D eigenvalue weighted by Gasteiger charge is 2.19. The molecule has 2 aromatic rings. The predicted molar refractivity (Wildman–Crippen MR) is 72.7 cm³/mol. The molecule has 0 saturated heterocycles. The van der Waals surface area contributed by atoms with Crippen LogP contribution in [0.5, 0.6) is 0 Å². The maximum absolute atomic E-state index is 11.2. The van der Waals surface area contributed by atoms with Gasteiger partial charge in [0.05, 0.1) is 10.7 Å². The molecule has 98 valence electrons. The van der Waals surface area contributed by atoms with Gasteiger partial charge in [0, 0.05) is 0 Å². The number of carbonyl (C=O) groups is 1. The number of allylic oxidation sites excluding steroid dienone is 1. The molecule has 0 saturated carbocycles. The van der Waals surface area contributed by atoms with Crippen LogP contribution in [0.1, 0.15) is 30.0 Å². The monoisotopic (exact) mass is 277 g/mol. The van der Waals surface area contributed by atoms with E-state index >= 15 is 0 Å². The van der Waals surface area contributed by atoms with Crippen LogP contribution in [0.15, 0.2) is 29.8 Å². The highest BCUT2D eigenvalue weighted by atomic mass is 35.5. The third kappa shape index (κ3) is 2.66. The lowest BCUT2D eigenvalue weighted by molar-refractivity contribution is 0.0690. The van der Waals surface area contributed by atoms with Crippen LogP contribution in [0.4, 0.5) is 0 Å². The van der Waals surface area contributed by atoms with Crippen molar-refractivity contribution in [3.05, 3.63) is 46.2 Å². The average Bonchev–Trinajstić information content (AvgIpc) is 2.72. The molecule has 0 unspecified atom stereocenters. The van der Waals surface area contributed by atoms with Crippen LogP contribution in [-0.2, 0) is 0 Å². The second-order valence-electron chi connectivity index (χ2n) is 4.21. The molecular weight excluding hydrogens is 266 g/mol. The second kappa shape index (κ2) is 5.24. The van der Waals surface area contributed by atoms with Gasteiger partial charge in [-0.15, -0.1) is 5.10 Å². The molecule has 19 heavy (non-hydrogen) atoms. The minimum absolute atomic E-state index is 0.0962. The summed E-state index contributed by atoms with van der Waals surface area (Å²) < 4.78 is 1.43. The van der Waals surface area contributed by atoms with Crippen molar-refractivity contribution < 1.29 is 9.90 Å². The molecule has 0 spiro atoms. The maximum Gasteiger partial charge on any atom is 0.358 e. The van der Waals surface area contributed by atoms with Gasteiger partial charge in [0.1, 0.15) is 5.69 Å². The smallest absolute Gasteiger partial charge is 0.358 e. The van der Waals surface area contributed by atoms with Gasteiger partial charge in [0.15, 0.2) is 5.69 Å². The molecular formula is C13H12ClN3O2. The van der Waals surface area contributed by atoms with Gasteiger partial charge in [-0.1, -0.05) is 34.5 Å². The molecule has 0 aliphatic heterocycles. The van der Waals surface area contributed by atoms with Crippen LogP contribution in [0.2, 0.25) is 5.02 Å². The summed E-state index contributed by atoms with van der Waals surface area (Å²) in [7, 11) is 0. The van der Waals surface area contributed by atoms with Crippen molar-refractivity contribution in [1.82, 2.24) is 15.0 Å². The molecule has 0 radical (unpaired) electrons. The summed E-state index contributed by atoms with van der Waals surface area (Å²) in [5, 5.41) is 17.2. The van der Waals surface area contributed by atoms with Crippen LogP contribution in [0.3, 0.4) is 0 Å². The number of hydrogen-bond donors (Lipinski definition) is 1. The summed E-state index contributed by atoms with van der Waals surface area (Å²) in [6.45, 7) is 3.74. The SMILES string of the molecule is CC(C)=Cc1c(C(=O)O)nnn1-c1ccccc1Cl. The Morgan fingerprint density at radius 3 is 2.63 bits per heavy atom. The number of para-hydroxylation sites is 1. The molecule has 0 aliphatic rings. The van der Waals surface area contributed by atoms with Crippen molar-refractivity contribution in [2.75, 3.05) is 0 Å². The van der Waals surface area contributed by atoms with Crippen molar-refractivity contribution in [2.24, 2.45) is 0 Å². The standard InChI is InChI=1S/C13H12ClN3O2/c1-8(2)7-11-12(13(18)19)15-16-17(11)10-6-4-3-5-9(10)14/h3-7H,1-2H3,(H,18,19). The summed E-state index contributed by atoms with van der Waals surface area (Å²) in [4.78, 5) is 11.2. The van der Waals surface area contributed by atoms with Gasteiger partial charge in [-0.2, -0.15) is 0 Å². The van der Waals surface area contributed by atoms with Gasteiger partial charge in [-0.3, -0.25) is 0 Å². The second-order valence-corrected chi connectivity index (χ2v) is 4.62. The van der Waals surface area contributed by atoms with Crippen LogP contribution in [0.25, 0.3) is 11.8 Å². The summed E-state index contributed by atoms with van der Waals surface area (Å²) in [5.41, 5.74) is 1.84. The van der Waals surface area contributed by atoms with Gasteiger partial charge < -0.3 is 5.11 Å². The van der Waals surface area contributed by atoms with Crippen LogP contribution < -0.4 is 0 Å². The fraction of sp³-hybridized carbons (Fsp3) is 0.154. The lowest BCUT2D eigenvalue weighted by atomic mass is 10.2. The largest absolute Gasteiger partial charge is 0.476 e. The van der Waals surface area contributed by atoms with Crippen LogP contribution in [0, 0.1) is 0 Å². The number of hydrogen-bond acceptors (Lipinski definition) is 3. The zero-order chi connectivity index (χ0) is 14.0. The fourth-order valence-electron chi connectivity index (χ4n) is 1.65. The maximum atomic E-state index is 11.2. The Balaban J connectivity index is 2.68. The highest BCUT2D eigenvalue weighted by molar-refractivity contribution is 6.32. The minimum Gasteiger partial charge on any atom is -0.476 e. The van der Waals surface area contributed by atoms with E-state index in [1.165, 1.54) is 4.68 Å². The lowest BCUT2D eigenvalue weighted by Gasteiger charge is -2.06. The molecule has 5 nitrogen and oxygen atoms in total. The number of carboxylic acids is 1. The van der Waals surface area contributed by atoms with E-state index in [1.807, 2.05) is 13.8 Å². The van der Waals surface area contributed by atoms with Crippen molar-refractivity contribution in [3.8, 4) is 5.69 Å². The molecule has 0 amide bonds. The molecule has 0 aliphatic carbocycles. The summed E-state index contributed by atoms with van der Waals surface area (Å²) >= 11 is 6.10.